The summed E-state index contributed by atoms with van der Waals surface area (Å²) >= 11 is 1.16. The number of hydrogen-bond donors (Lipinski definition) is 3. The lowest BCUT2D eigenvalue weighted by Gasteiger charge is -2.08. The Morgan fingerprint density at radius 3 is 2.50 bits per heavy atom. The normalized spacial score (nSPS) is 10.5. The van der Waals surface area contributed by atoms with Crippen molar-refractivity contribution < 1.29 is 18.8 Å². The maximum absolute atomic E-state index is 12.0. The Morgan fingerprint density at radius 2 is 1.83 bits per heavy atom. The molecule has 0 spiro atoms. The van der Waals surface area contributed by atoms with Gasteiger partial charge in [-0.2, -0.15) is 0 Å². The van der Waals surface area contributed by atoms with Gasteiger partial charge in [-0.3, -0.25) is 14.4 Å². The number of furan rings is 1. The second kappa shape index (κ2) is 8.30. The van der Waals surface area contributed by atoms with E-state index in [9.17, 15) is 14.4 Å². The fraction of sp³-hybridized carbons (Fsp3) is 0.312. The zero-order chi connectivity index (χ0) is 17.5. The molecule has 3 amide bonds. The third-order valence-corrected chi connectivity index (χ3v) is 4.05. The minimum Gasteiger partial charge on any atom is -0.459 e. The molecule has 7 nitrogen and oxygen atoms in total. The Morgan fingerprint density at radius 1 is 1.08 bits per heavy atom. The lowest BCUT2D eigenvalue weighted by molar-refractivity contribution is -0.123. The molecule has 2 aromatic rings. The highest BCUT2D eigenvalue weighted by atomic mass is 32.1. The van der Waals surface area contributed by atoms with Gasteiger partial charge in [-0.15, -0.1) is 11.3 Å². The van der Waals surface area contributed by atoms with Gasteiger partial charge < -0.3 is 20.4 Å². The molecule has 3 N–H and O–H groups in total. The van der Waals surface area contributed by atoms with Gasteiger partial charge in [0.05, 0.1) is 16.1 Å². The summed E-state index contributed by atoms with van der Waals surface area (Å²) in [5.41, 5.74) is 0. The lowest BCUT2D eigenvalue weighted by Crippen LogP contribution is -2.36. The summed E-state index contributed by atoms with van der Waals surface area (Å²) in [6.45, 7) is 4.32. The molecule has 128 valence electrons. The minimum atomic E-state index is -0.370. The number of carbonyl (C=O) groups is 3. The maximum atomic E-state index is 12.0. The average molecular weight is 349 g/mol. The van der Waals surface area contributed by atoms with Crippen LogP contribution in [-0.2, 0) is 4.79 Å². The predicted molar refractivity (Wildman–Crippen MR) is 91.2 cm³/mol. The Kier molecular flexibility index (Phi) is 6.14. The lowest BCUT2D eigenvalue weighted by atomic mass is 10.2. The molecule has 0 aliphatic carbocycles. The van der Waals surface area contributed by atoms with Crippen molar-refractivity contribution in [1.82, 2.24) is 10.6 Å². The van der Waals surface area contributed by atoms with Crippen LogP contribution in [0.15, 0.2) is 34.9 Å². The molecule has 0 fully saturated rings. The molecule has 0 aromatic carbocycles. The zero-order valence-corrected chi connectivity index (χ0v) is 14.2. The SMILES string of the molecule is CC(C)C(=O)NCCNC(=O)c1ccc(NC(=O)c2ccco2)s1. The molecule has 0 saturated heterocycles. The first-order chi connectivity index (χ1) is 11.5. The highest BCUT2D eigenvalue weighted by Crippen LogP contribution is 2.22. The smallest absolute Gasteiger partial charge is 0.291 e. The summed E-state index contributed by atoms with van der Waals surface area (Å²) in [7, 11) is 0. The van der Waals surface area contributed by atoms with Gasteiger partial charge in [0.25, 0.3) is 11.8 Å². The van der Waals surface area contributed by atoms with Crippen LogP contribution in [-0.4, -0.2) is 30.8 Å². The topological polar surface area (TPSA) is 100 Å². The highest BCUT2D eigenvalue weighted by molar-refractivity contribution is 7.18. The molecule has 2 aromatic heterocycles. The van der Waals surface area contributed by atoms with Gasteiger partial charge in [0.15, 0.2) is 5.76 Å². The average Bonchev–Trinajstić information content (AvgIpc) is 3.22. The fourth-order valence-electron chi connectivity index (χ4n) is 1.76. The van der Waals surface area contributed by atoms with Gasteiger partial charge in [0.1, 0.15) is 0 Å². The number of rotatable bonds is 7. The van der Waals surface area contributed by atoms with Crippen molar-refractivity contribution in [1.29, 1.82) is 0 Å². The summed E-state index contributed by atoms with van der Waals surface area (Å²) in [4.78, 5) is 35.7. The van der Waals surface area contributed by atoms with Crippen LogP contribution in [0.1, 0.15) is 34.1 Å². The van der Waals surface area contributed by atoms with Crippen molar-refractivity contribution >= 4 is 34.1 Å². The molecular weight excluding hydrogens is 330 g/mol. The fourth-order valence-corrected chi connectivity index (χ4v) is 2.58. The molecule has 0 aliphatic heterocycles. The first kappa shape index (κ1) is 17.7. The molecule has 8 heteroatoms. The van der Waals surface area contributed by atoms with E-state index < -0.39 is 0 Å². The standard InChI is InChI=1S/C16H19N3O4S/c1-10(2)14(20)17-7-8-18-16(22)12-5-6-13(24-12)19-15(21)11-4-3-9-23-11/h3-6,9-10H,7-8H2,1-2H3,(H,17,20)(H,18,22)(H,19,21). The predicted octanol–water partition coefficient (Wildman–Crippen LogP) is 2.10. The molecule has 0 radical (unpaired) electrons. The van der Waals surface area contributed by atoms with E-state index >= 15 is 0 Å². The van der Waals surface area contributed by atoms with E-state index in [1.807, 2.05) is 0 Å². The molecule has 0 aliphatic rings. The van der Waals surface area contributed by atoms with Crippen molar-refractivity contribution in [2.45, 2.75) is 13.8 Å². The van der Waals surface area contributed by atoms with Gasteiger partial charge in [-0.1, -0.05) is 13.8 Å². The molecule has 2 rings (SSSR count). The largest absolute Gasteiger partial charge is 0.459 e. The third-order valence-electron chi connectivity index (χ3n) is 3.05. The van der Waals surface area contributed by atoms with E-state index in [-0.39, 0.29) is 29.4 Å². The molecule has 0 unspecified atom stereocenters. The van der Waals surface area contributed by atoms with Gasteiger partial charge in [0, 0.05) is 19.0 Å². The molecule has 0 saturated carbocycles. The van der Waals surface area contributed by atoms with Crippen LogP contribution in [0.3, 0.4) is 0 Å². The number of hydrogen-bond acceptors (Lipinski definition) is 5. The Balaban J connectivity index is 1.78. The molecule has 24 heavy (non-hydrogen) atoms. The second-order valence-electron chi connectivity index (χ2n) is 5.30. The summed E-state index contributed by atoms with van der Waals surface area (Å²) in [6, 6.07) is 6.47. The van der Waals surface area contributed by atoms with E-state index in [4.69, 9.17) is 4.42 Å². The van der Waals surface area contributed by atoms with Crippen molar-refractivity contribution in [2.75, 3.05) is 18.4 Å². The van der Waals surface area contributed by atoms with E-state index in [0.717, 1.165) is 11.3 Å². The number of nitrogens with one attached hydrogen (secondary N) is 3. The van der Waals surface area contributed by atoms with Crippen molar-refractivity contribution in [3.05, 3.63) is 41.2 Å². The van der Waals surface area contributed by atoms with Crippen molar-refractivity contribution in [2.24, 2.45) is 5.92 Å². The van der Waals surface area contributed by atoms with E-state index in [1.165, 1.54) is 6.26 Å². The third kappa shape index (κ3) is 4.95. The summed E-state index contributed by atoms with van der Waals surface area (Å²) in [5.74, 6) is -0.556. The van der Waals surface area contributed by atoms with Crippen LogP contribution in [0.2, 0.25) is 0 Å². The molecule has 0 bridgehead atoms. The van der Waals surface area contributed by atoms with Crippen LogP contribution in [0.25, 0.3) is 0 Å². The monoisotopic (exact) mass is 349 g/mol. The number of carbonyl (C=O) groups excluding carboxylic acids is 3. The van der Waals surface area contributed by atoms with Gasteiger partial charge >= 0.3 is 0 Å². The Bertz CT molecular complexity index is 707. The summed E-state index contributed by atoms with van der Waals surface area (Å²) < 4.78 is 5.00. The molecular formula is C16H19N3O4S. The Hall–Kier alpha value is -2.61. The van der Waals surface area contributed by atoms with Crippen LogP contribution in [0.5, 0.6) is 0 Å². The van der Waals surface area contributed by atoms with Gasteiger partial charge in [-0.25, -0.2) is 0 Å². The quantitative estimate of drug-likeness (QED) is 0.666. The Labute approximate surface area is 143 Å². The number of amides is 3. The first-order valence-electron chi connectivity index (χ1n) is 7.48. The van der Waals surface area contributed by atoms with Crippen LogP contribution < -0.4 is 16.0 Å². The maximum Gasteiger partial charge on any atom is 0.291 e. The van der Waals surface area contributed by atoms with Crippen LogP contribution in [0.4, 0.5) is 5.00 Å². The van der Waals surface area contributed by atoms with E-state index in [1.54, 1.807) is 38.1 Å². The summed E-state index contributed by atoms with van der Waals surface area (Å²) in [6.07, 6.45) is 1.42. The molecule has 2 heterocycles. The number of thiophene rings is 1. The van der Waals surface area contributed by atoms with Crippen molar-refractivity contribution in [3.8, 4) is 0 Å². The van der Waals surface area contributed by atoms with Gasteiger partial charge in [-0.05, 0) is 24.3 Å². The van der Waals surface area contributed by atoms with Crippen LogP contribution >= 0.6 is 11.3 Å². The van der Waals surface area contributed by atoms with E-state index in [0.29, 0.717) is 23.0 Å². The zero-order valence-electron chi connectivity index (χ0n) is 13.4. The first-order valence-corrected chi connectivity index (χ1v) is 8.29. The van der Waals surface area contributed by atoms with Gasteiger partial charge in [0.2, 0.25) is 5.91 Å². The molecule has 0 atom stereocenters. The summed E-state index contributed by atoms with van der Waals surface area (Å²) in [5, 5.41) is 8.64. The number of anilines is 1. The minimum absolute atomic E-state index is 0.0525. The second-order valence-corrected chi connectivity index (χ2v) is 6.38. The highest BCUT2D eigenvalue weighted by Gasteiger charge is 2.13. The van der Waals surface area contributed by atoms with Crippen LogP contribution in [0, 0.1) is 5.92 Å². The van der Waals surface area contributed by atoms with E-state index in [2.05, 4.69) is 16.0 Å². The van der Waals surface area contributed by atoms with Crippen molar-refractivity contribution in [3.63, 3.8) is 0 Å².